The Morgan fingerprint density at radius 3 is 2.25 bits per heavy atom. The van der Waals surface area contributed by atoms with Crippen molar-refractivity contribution < 1.29 is 9.59 Å². The third-order valence-corrected chi connectivity index (χ3v) is 4.20. The molecule has 0 aliphatic rings. The lowest BCUT2D eigenvalue weighted by molar-refractivity contribution is -0.114. The standard InChI is InChI=1S/C17H16O2S/c1-3-15(18)17(19)13-8-10-14(11-9-13)20-16-7-5-4-6-12(16)2/h4-11H,3H2,1-2H3. The molecule has 2 aromatic rings. The Hall–Kier alpha value is -1.87. The molecule has 0 aliphatic heterocycles. The van der Waals surface area contributed by atoms with Crippen LogP contribution in [0.3, 0.4) is 0 Å². The Morgan fingerprint density at radius 1 is 1.00 bits per heavy atom. The highest BCUT2D eigenvalue weighted by Crippen LogP contribution is 2.30. The second kappa shape index (κ2) is 6.53. The highest BCUT2D eigenvalue weighted by molar-refractivity contribution is 7.99. The van der Waals surface area contributed by atoms with E-state index in [9.17, 15) is 9.59 Å². The number of hydrogen-bond acceptors (Lipinski definition) is 3. The van der Waals surface area contributed by atoms with Crippen LogP contribution in [0.5, 0.6) is 0 Å². The average Bonchev–Trinajstić information content (AvgIpc) is 2.49. The number of aryl methyl sites for hydroxylation is 1. The Balaban J connectivity index is 2.15. The molecule has 102 valence electrons. The highest BCUT2D eigenvalue weighted by atomic mass is 32.2. The lowest BCUT2D eigenvalue weighted by Gasteiger charge is -2.05. The van der Waals surface area contributed by atoms with E-state index in [1.165, 1.54) is 10.5 Å². The molecular formula is C17H16O2S. The lowest BCUT2D eigenvalue weighted by Crippen LogP contribution is -2.12. The first-order valence-electron chi connectivity index (χ1n) is 6.53. The summed E-state index contributed by atoms with van der Waals surface area (Å²) in [5.41, 5.74) is 1.68. The molecule has 2 nitrogen and oxygen atoms in total. The molecule has 0 amide bonds. The van der Waals surface area contributed by atoms with Crippen LogP contribution in [0.25, 0.3) is 0 Å². The molecule has 2 rings (SSSR count). The van der Waals surface area contributed by atoms with Crippen molar-refractivity contribution in [1.29, 1.82) is 0 Å². The minimum atomic E-state index is -0.403. The number of ketones is 2. The van der Waals surface area contributed by atoms with Crippen molar-refractivity contribution in [2.45, 2.75) is 30.1 Å². The normalized spacial score (nSPS) is 10.3. The molecule has 0 aromatic heterocycles. The van der Waals surface area contributed by atoms with Crippen LogP contribution in [0.2, 0.25) is 0 Å². The number of carbonyl (C=O) groups is 2. The molecule has 0 atom stereocenters. The van der Waals surface area contributed by atoms with Crippen LogP contribution in [0.1, 0.15) is 29.3 Å². The van der Waals surface area contributed by atoms with Gasteiger partial charge in [0.15, 0.2) is 0 Å². The topological polar surface area (TPSA) is 34.1 Å². The van der Waals surface area contributed by atoms with E-state index < -0.39 is 5.78 Å². The summed E-state index contributed by atoms with van der Waals surface area (Å²) >= 11 is 1.65. The van der Waals surface area contributed by atoms with Gasteiger partial charge in [0, 0.05) is 21.8 Å². The van der Waals surface area contributed by atoms with E-state index in [1.54, 1.807) is 30.8 Å². The van der Waals surface area contributed by atoms with Crippen LogP contribution in [-0.2, 0) is 4.79 Å². The summed E-state index contributed by atoms with van der Waals surface area (Å²) in [4.78, 5) is 25.4. The van der Waals surface area contributed by atoms with Crippen molar-refractivity contribution in [3.8, 4) is 0 Å². The molecule has 0 bridgehead atoms. The van der Waals surface area contributed by atoms with E-state index in [1.807, 2.05) is 24.3 Å². The van der Waals surface area contributed by atoms with Crippen LogP contribution in [-0.4, -0.2) is 11.6 Å². The molecule has 0 N–H and O–H groups in total. The summed E-state index contributed by atoms with van der Waals surface area (Å²) in [5, 5.41) is 0. The monoisotopic (exact) mass is 284 g/mol. The van der Waals surface area contributed by atoms with Gasteiger partial charge in [0.2, 0.25) is 11.6 Å². The summed E-state index contributed by atoms with van der Waals surface area (Å²) in [6.07, 6.45) is 0.249. The van der Waals surface area contributed by atoms with Gasteiger partial charge < -0.3 is 0 Å². The maximum absolute atomic E-state index is 11.7. The van der Waals surface area contributed by atoms with Crippen molar-refractivity contribution in [2.24, 2.45) is 0 Å². The molecule has 0 saturated heterocycles. The maximum atomic E-state index is 11.7. The Bertz CT molecular complexity index is 630. The number of benzene rings is 2. The zero-order valence-electron chi connectivity index (χ0n) is 11.6. The fraction of sp³-hybridized carbons (Fsp3) is 0.176. The zero-order valence-corrected chi connectivity index (χ0v) is 12.4. The smallest absolute Gasteiger partial charge is 0.228 e. The summed E-state index contributed by atoms with van der Waals surface area (Å²) in [6, 6.07) is 15.4. The van der Waals surface area contributed by atoms with Crippen molar-refractivity contribution in [1.82, 2.24) is 0 Å². The molecule has 0 unspecified atom stereocenters. The SMILES string of the molecule is CCC(=O)C(=O)c1ccc(Sc2ccccc2C)cc1. The fourth-order valence-corrected chi connectivity index (χ4v) is 2.70. The Kier molecular flexibility index (Phi) is 4.74. The third kappa shape index (κ3) is 3.36. The molecule has 2 aromatic carbocycles. The van der Waals surface area contributed by atoms with Gasteiger partial charge >= 0.3 is 0 Å². The van der Waals surface area contributed by atoms with E-state index in [0.29, 0.717) is 5.56 Å². The number of Topliss-reactive ketones (excluding diaryl/α,β-unsaturated/α-hetero) is 2. The van der Waals surface area contributed by atoms with Gasteiger partial charge in [-0.3, -0.25) is 9.59 Å². The van der Waals surface area contributed by atoms with Crippen molar-refractivity contribution in [3.63, 3.8) is 0 Å². The van der Waals surface area contributed by atoms with Gasteiger partial charge in [-0.1, -0.05) is 36.9 Å². The largest absolute Gasteiger partial charge is 0.290 e. The minimum absolute atomic E-state index is 0.249. The van der Waals surface area contributed by atoms with E-state index in [-0.39, 0.29) is 12.2 Å². The molecule has 20 heavy (non-hydrogen) atoms. The van der Waals surface area contributed by atoms with Crippen molar-refractivity contribution >= 4 is 23.3 Å². The minimum Gasteiger partial charge on any atom is -0.290 e. The molecular weight excluding hydrogens is 268 g/mol. The van der Waals surface area contributed by atoms with Crippen LogP contribution in [0, 0.1) is 6.92 Å². The molecule has 0 fully saturated rings. The van der Waals surface area contributed by atoms with Gasteiger partial charge in [0.05, 0.1) is 0 Å². The van der Waals surface area contributed by atoms with Gasteiger partial charge in [0.1, 0.15) is 0 Å². The molecule has 0 spiro atoms. The van der Waals surface area contributed by atoms with E-state index in [0.717, 1.165) is 4.90 Å². The van der Waals surface area contributed by atoms with Crippen molar-refractivity contribution in [3.05, 3.63) is 59.7 Å². The zero-order chi connectivity index (χ0) is 14.5. The first kappa shape index (κ1) is 14.5. The van der Waals surface area contributed by atoms with E-state index in [2.05, 4.69) is 19.1 Å². The van der Waals surface area contributed by atoms with E-state index >= 15 is 0 Å². The summed E-state index contributed by atoms with van der Waals surface area (Å²) < 4.78 is 0. The van der Waals surface area contributed by atoms with Gasteiger partial charge in [0.25, 0.3) is 0 Å². The first-order valence-corrected chi connectivity index (χ1v) is 7.34. The third-order valence-electron chi connectivity index (χ3n) is 3.01. The Morgan fingerprint density at radius 2 is 1.65 bits per heavy atom. The van der Waals surface area contributed by atoms with Gasteiger partial charge in [-0.05, 0) is 42.8 Å². The lowest BCUT2D eigenvalue weighted by atomic mass is 10.1. The predicted molar refractivity (Wildman–Crippen MR) is 81.4 cm³/mol. The fourth-order valence-electron chi connectivity index (χ4n) is 1.79. The maximum Gasteiger partial charge on any atom is 0.228 e. The highest BCUT2D eigenvalue weighted by Gasteiger charge is 2.13. The number of rotatable bonds is 5. The number of carbonyl (C=O) groups excluding carboxylic acids is 2. The van der Waals surface area contributed by atoms with Crippen LogP contribution >= 0.6 is 11.8 Å². The predicted octanol–water partition coefficient (Wildman–Crippen LogP) is 4.31. The van der Waals surface area contributed by atoms with Crippen molar-refractivity contribution in [2.75, 3.05) is 0 Å². The van der Waals surface area contributed by atoms with Crippen LogP contribution in [0.4, 0.5) is 0 Å². The molecule has 0 radical (unpaired) electrons. The van der Waals surface area contributed by atoms with Gasteiger partial charge in [-0.25, -0.2) is 0 Å². The van der Waals surface area contributed by atoms with E-state index in [4.69, 9.17) is 0 Å². The second-order valence-corrected chi connectivity index (χ2v) is 5.61. The second-order valence-electron chi connectivity index (χ2n) is 4.50. The summed E-state index contributed by atoms with van der Waals surface area (Å²) in [7, 11) is 0. The molecule has 0 aliphatic carbocycles. The number of hydrogen-bond donors (Lipinski definition) is 0. The van der Waals surface area contributed by atoms with Crippen LogP contribution < -0.4 is 0 Å². The Labute approximate surface area is 123 Å². The molecule has 0 heterocycles. The average molecular weight is 284 g/mol. The molecule has 3 heteroatoms. The first-order chi connectivity index (χ1) is 9.61. The molecule has 0 saturated carbocycles. The summed E-state index contributed by atoms with van der Waals surface area (Å²) in [6.45, 7) is 3.77. The van der Waals surface area contributed by atoms with Gasteiger partial charge in [-0.2, -0.15) is 0 Å². The summed E-state index contributed by atoms with van der Waals surface area (Å²) in [5.74, 6) is -0.746. The van der Waals surface area contributed by atoms with Crippen LogP contribution in [0.15, 0.2) is 58.3 Å². The quantitative estimate of drug-likeness (QED) is 0.606. The van der Waals surface area contributed by atoms with Gasteiger partial charge in [-0.15, -0.1) is 0 Å².